The predicted octanol–water partition coefficient (Wildman–Crippen LogP) is 3.44. The first-order valence-corrected chi connectivity index (χ1v) is 4.83. The monoisotopic (exact) mass is 216 g/mol. The van der Waals surface area contributed by atoms with Crippen molar-refractivity contribution in [1.82, 2.24) is 0 Å². The van der Waals surface area contributed by atoms with Crippen molar-refractivity contribution < 1.29 is 14.6 Å². The van der Waals surface area contributed by atoms with Crippen molar-refractivity contribution >= 4 is 23.1 Å². The van der Waals surface area contributed by atoms with Gasteiger partial charge in [-0.3, -0.25) is 0 Å². The summed E-state index contributed by atoms with van der Waals surface area (Å²) in [5.41, 5.74) is 1.71. The van der Waals surface area contributed by atoms with Gasteiger partial charge in [0.15, 0.2) is 22.8 Å². The maximum absolute atomic E-state index is 9.92. The van der Waals surface area contributed by atoms with Crippen molar-refractivity contribution in [3.63, 3.8) is 0 Å². The fourth-order valence-electron chi connectivity index (χ4n) is 1.68. The van der Waals surface area contributed by atoms with E-state index in [4.69, 9.17) is 4.42 Å². The van der Waals surface area contributed by atoms with Crippen LogP contribution in [0.3, 0.4) is 0 Å². The maximum atomic E-state index is 9.92. The van der Waals surface area contributed by atoms with Crippen LogP contribution in [0.15, 0.2) is 23.6 Å². The molecule has 0 unspecified atom stereocenters. The highest BCUT2D eigenvalue weighted by Crippen LogP contribution is 2.40. The Balaban J connectivity index is 2.95. The number of fused-ring (bicyclic) bond motifs is 1. The minimum absolute atomic E-state index is 0.0107. The van der Waals surface area contributed by atoms with Gasteiger partial charge in [0.1, 0.15) is 0 Å². The summed E-state index contributed by atoms with van der Waals surface area (Å²) < 4.78 is 5.31. The molecular formula is C13H12O3. The topological polar surface area (TPSA) is 53.6 Å². The average Bonchev–Trinajstić information content (AvgIpc) is 2.61. The molecule has 0 spiro atoms. The number of aromatic hydroxyl groups is 2. The molecule has 0 aliphatic carbocycles. The first-order valence-electron chi connectivity index (χ1n) is 4.83. The van der Waals surface area contributed by atoms with Crippen LogP contribution in [0.1, 0.15) is 16.9 Å². The normalized spacial score (nSPS) is 10.6. The Morgan fingerprint density at radius 2 is 1.88 bits per heavy atom. The van der Waals surface area contributed by atoms with Gasteiger partial charge in [0.05, 0.1) is 5.39 Å². The van der Waals surface area contributed by atoms with E-state index < -0.39 is 0 Å². The number of furan rings is 1. The molecule has 1 aromatic heterocycles. The van der Waals surface area contributed by atoms with E-state index in [9.17, 15) is 10.2 Å². The number of phenolic OH excluding ortho intramolecular Hbond substituents is 1. The summed E-state index contributed by atoms with van der Waals surface area (Å²) in [4.78, 5) is 0. The van der Waals surface area contributed by atoms with Gasteiger partial charge in [0.2, 0.25) is 0 Å². The summed E-state index contributed by atoms with van der Waals surface area (Å²) in [6.07, 6.45) is 3.02. The van der Waals surface area contributed by atoms with E-state index in [2.05, 4.69) is 13.2 Å². The molecule has 0 atom stereocenters. The second-order valence-electron chi connectivity index (χ2n) is 3.54. The van der Waals surface area contributed by atoms with Crippen LogP contribution in [0.25, 0.3) is 23.1 Å². The quantitative estimate of drug-likeness (QED) is 0.808. The first kappa shape index (κ1) is 10.4. The summed E-state index contributed by atoms with van der Waals surface area (Å²) in [5, 5.41) is 20.2. The Labute approximate surface area is 92.9 Å². The highest BCUT2D eigenvalue weighted by atomic mass is 16.4. The molecule has 0 aliphatic heterocycles. The molecule has 3 nitrogen and oxygen atoms in total. The van der Waals surface area contributed by atoms with E-state index in [1.165, 1.54) is 6.08 Å². The predicted molar refractivity (Wildman–Crippen MR) is 64.5 cm³/mol. The molecule has 0 radical (unpaired) electrons. The average molecular weight is 216 g/mol. The third kappa shape index (κ3) is 1.21. The van der Waals surface area contributed by atoms with Crippen molar-refractivity contribution in [1.29, 1.82) is 0 Å². The standard InChI is InChI=1S/C13H12O3/c1-4-8-6-9-12(15)10(5-2)16-13(9)11(14)7(8)3/h4-6,14-15H,1-2H2,3H3. The van der Waals surface area contributed by atoms with Crippen molar-refractivity contribution in [3.8, 4) is 11.5 Å². The zero-order chi connectivity index (χ0) is 11.9. The Morgan fingerprint density at radius 3 is 2.44 bits per heavy atom. The number of hydrogen-bond acceptors (Lipinski definition) is 3. The van der Waals surface area contributed by atoms with Crippen LogP contribution in [0, 0.1) is 6.92 Å². The van der Waals surface area contributed by atoms with E-state index in [-0.39, 0.29) is 22.8 Å². The Bertz CT molecular complexity index is 591. The SMILES string of the molecule is C=Cc1cc2c(O)c(C=C)oc2c(O)c1C. The Kier molecular flexibility index (Phi) is 2.23. The smallest absolute Gasteiger partial charge is 0.180 e. The molecule has 0 saturated heterocycles. The summed E-state index contributed by atoms with van der Waals surface area (Å²) in [6.45, 7) is 8.94. The lowest BCUT2D eigenvalue weighted by atomic mass is 10.0. The van der Waals surface area contributed by atoms with Crippen molar-refractivity contribution in [2.24, 2.45) is 0 Å². The van der Waals surface area contributed by atoms with Crippen LogP contribution < -0.4 is 0 Å². The van der Waals surface area contributed by atoms with Crippen LogP contribution in [0.4, 0.5) is 0 Å². The van der Waals surface area contributed by atoms with Gasteiger partial charge in [0.25, 0.3) is 0 Å². The summed E-state index contributed by atoms with van der Waals surface area (Å²) >= 11 is 0. The number of hydrogen-bond donors (Lipinski definition) is 2. The molecule has 2 aromatic rings. The molecular weight excluding hydrogens is 204 g/mol. The van der Waals surface area contributed by atoms with Gasteiger partial charge in [0, 0.05) is 5.56 Å². The molecule has 0 fully saturated rings. The highest BCUT2D eigenvalue weighted by Gasteiger charge is 2.17. The molecule has 2 rings (SSSR count). The van der Waals surface area contributed by atoms with E-state index in [1.54, 1.807) is 19.1 Å². The van der Waals surface area contributed by atoms with Crippen molar-refractivity contribution in [2.45, 2.75) is 6.92 Å². The van der Waals surface area contributed by atoms with E-state index in [1.807, 2.05) is 0 Å². The van der Waals surface area contributed by atoms with Gasteiger partial charge in [-0.2, -0.15) is 0 Å². The zero-order valence-corrected chi connectivity index (χ0v) is 8.95. The van der Waals surface area contributed by atoms with Crippen molar-refractivity contribution in [2.75, 3.05) is 0 Å². The molecule has 16 heavy (non-hydrogen) atoms. The van der Waals surface area contributed by atoms with E-state index in [0.29, 0.717) is 10.9 Å². The van der Waals surface area contributed by atoms with E-state index in [0.717, 1.165) is 5.56 Å². The summed E-state index contributed by atoms with van der Waals surface area (Å²) in [6, 6.07) is 1.73. The molecule has 3 heteroatoms. The minimum atomic E-state index is -0.0107. The minimum Gasteiger partial charge on any atom is -0.504 e. The Morgan fingerprint density at radius 1 is 1.19 bits per heavy atom. The third-order valence-corrected chi connectivity index (χ3v) is 2.65. The molecule has 82 valence electrons. The molecule has 0 bridgehead atoms. The van der Waals surface area contributed by atoms with Gasteiger partial charge >= 0.3 is 0 Å². The molecule has 1 aromatic carbocycles. The lowest BCUT2D eigenvalue weighted by Gasteiger charge is -2.03. The van der Waals surface area contributed by atoms with Crippen LogP contribution in [0.5, 0.6) is 11.5 Å². The lowest BCUT2D eigenvalue weighted by molar-refractivity contribution is 0.449. The number of rotatable bonds is 2. The van der Waals surface area contributed by atoms with Crippen LogP contribution in [-0.4, -0.2) is 10.2 Å². The van der Waals surface area contributed by atoms with E-state index >= 15 is 0 Å². The first-order chi connectivity index (χ1) is 7.60. The summed E-state index contributed by atoms with van der Waals surface area (Å²) in [5.74, 6) is 0.269. The van der Waals surface area contributed by atoms with Gasteiger partial charge in [-0.1, -0.05) is 19.2 Å². The van der Waals surface area contributed by atoms with Crippen LogP contribution in [0.2, 0.25) is 0 Å². The fourth-order valence-corrected chi connectivity index (χ4v) is 1.68. The van der Waals surface area contributed by atoms with Gasteiger partial charge < -0.3 is 14.6 Å². The van der Waals surface area contributed by atoms with Gasteiger partial charge in [-0.05, 0) is 24.6 Å². The number of phenols is 1. The van der Waals surface area contributed by atoms with Crippen LogP contribution in [-0.2, 0) is 0 Å². The highest BCUT2D eigenvalue weighted by molar-refractivity contribution is 5.94. The molecule has 0 amide bonds. The largest absolute Gasteiger partial charge is 0.504 e. The van der Waals surface area contributed by atoms with Gasteiger partial charge in [-0.25, -0.2) is 0 Å². The molecule has 0 saturated carbocycles. The molecule has 1 heterocycles. The zero-order valence-electron chi connectivity index (χ0n) is 8.95. The second kappa shape index (κ2) is 3.45. The second-order valence-corrected chi connectivity index (χ2v) is 3.54. The van der Waals surface area contributed by atoms with Crippen LogP contribution >= 0.6 is 0 Å². The Hall–Kier alpha value is -2.16. The third-order valence-electron chi connectivity index (χ3n) is 2.65. The molecule has 2 N–H and O–H groups in total. The lowest BCUT2D eigenvalue weighted by Crippen LogP contribution is -1.82. The fraction of sp³-hybridized carbons (Fsp3) is 0.0769. The summed E-state index contributed by atoms with van der Waals surface area (Å²) in [7, 11) is 0. The number of benzene rings is 1. The van der Waals surface area contributed by atoms with Gasteiger partial charge in [-0.15, -0.1) is 0 Å². The molecule has 0 aliphatic rings. The van der Waals surface area contributed by atoms with Crippen molar-refractivity contribution in [3.05, 3.63) is 36.1 Å². The maximum Gasteiger partial charge on any atom is 0.180 e.